The van der Waals surface area contributed by atoms with Gasteiger partial charge in [-0.05, 0) is 0 Å². The second kappa shape index (κ2) is 7.51. The molecule has 4 unspecified atom stereocenters. The molecule has 0 fully saturated rings. The van der Waals surface area contributed by atoms with E-state index in [1.54, 1.807) is 0 Å². The maximum atomic E-state index is 10.9. The van der Waals surface area contributed by atoms with Gasteiger partial charge in [0, 0.05) is 14.2 Å². The van der Waals surface area contributed by atoms with Crippen molar-refractivity contribution in [3.63, 3.8) is 0 Å². The van der Waals surface area contributed by atoms with E-state index in [1.807, 2.05) is 0 Å². The summed E-state index contributed by atoms with van der Waals surface area (Å²) in [5.74, 6) is -6.11. The van der Waals surface area contributed by atoms with E-state index >= 15 is 0 Å². The number of aldehydes is 2. The Bertz CT molecular complexity index is 326. The zero-order chi connectivity index (χ0) is 14.3. The molecule has 0 aliphatic heterocycles. The second-order valence-corrected chi connectivity index (χ2v) is 3.41. The molecule has 0 aromatic rings. The molecule has 0 spiro atoms. The summed E-state index contributed by atoms with van der Waals surface area (Å²) in [6.07, 6.45) is -2.69. The summed E-state index contributed by atoms with van der Waals surface area (Å²) in [6.45, 7) is 0. The smallest absolute Gasteiger partial charge is 0.335 e. The number of carboxylic acids is 2. The normalized spacial score (nSPS) is 17.2. The van der Waals surface area contributed by atoms with Crippen LogP contribution in [0, 0.1) is 11.8 Å². The Morgan fingerprint density at radius 3 is 1.78 bits per heavy atom. The highest BCUT2D eigenvalue weighted by Crippen LogP contribution is 2.20. The first-order chi connectivity index (χ1) is 8.44. The van der Waals surface area contributed by atoms with E-state index < -0.39 is 36.0 Å². The van der Waals surface area contributed by atoms with Crippen LogP contribution in [0.2, 0.25) is 0 Å². The van der Waals surface area contributed by atoms with Crippen LogP contribution in [0.15, 0.2) is 0 Å². The quantitative estimate of drug-likeness (QED) is 0.392. The second-order valence-electron chi connectivity index (χ2n) is 3.41. The Hall–Kier alpha value is -1.80. The first kappa shape index (κ1) is 16.2. The lowest BCUT2D eigenvalue weighted by molar-refractivity contribution is -0.167. The van der Waals surface area contributed by atoms with Crippen LogP contribution in [0.25, 0.3) is 0 Å². The van der Waals surface area contributed by atoms with Crippen LogP contribution < -0.4 is 0 Å². The Morgan fingerprint density at radius 2 is 1.56 bits per heavy atom. The van der Waals surface area contributed by atoms with Crippen LogP contribution in [-0.4, -0.2) is 61.2 Å². The van der Waals surface area contributed by atoms with Crippen LogP contribution in [0.3, 0.4) is 0 Å². The largest absolute Gasteiger partial charge is 0.481 e. The molecule has 0 heterocycles. The molecule has 102 valence electrons. The maximum Gasteiger partial charge on any atom is 0.335 e. The van der Waals surface area contributed by atoms with Crippen LogP contribution in [0.1, 0.15) is 0 Å². The minimum absolute atomic E-state index is 0.0575. The Kier molecular flexibility index (Phi) is 6.76. The Morgan fingerprint density at radius 1 is 1.00 bits per heavy atom. The van der Waals surface area contributed by atoms with E-state index in [1.165, 1.54) is 0 Å². The summed E-state index contributed by atoms with van der Waals surface area (Å²) >= 11 is 0. The zero-order valence-electron chi connectivity index (χ0n) is 9.81. The van der Waals surface area contributed by atoms with E-state index in [9.17, 15) is 19.2 Å². The number of carbonyl (C=O) groups is 4. The summed E-state index contributed by atoms with van der Waals surface area (Å²) in [5.41, 5.74) is 0. The molecule has 0 rings (SSSR count). The molecule has 0 amide bonds. The number of ether oxygens (including phenoxy) is 2. The number of methoxy groups -OCH3 is 2. The summed E-state index contributed by atoms with van der Waals surface area (Å²) in [7, 11) is 2.17. The number of carboxylic acid groups (broad SMARTS) is 2. The van der Waals surface area contributed by atoms with E-state index in [2.05, 4.69) is 4.74 Å². The SMILES string of the molecule is COC(C(=O)O)C(OC)C(C=O)C(C=O)C(=O)O. The number of hydrogen-bond donors (Lipinski definition) is 2. The fraction of sp³-hybridized carbons (Fsp3) is 0.600. The van der Waals surface area contributed by atoms with Crippen molar-refractivity contribution in [2.24, 2.45) is 11.8 Å². The molecular formula is C10H14O8. The lowest BCUT2D eigenvalue weighted by Crippen LogP contribution is -2.47. The summed E-state index contributed by atoms with van der Waals surface area (Å²) in [4.78, 5) is 43.2. The van der Waals surface area contributed by atoms with E-state index in [0.29, 0.717) is 0 Å². The molecule has 18 heavy (non-hydrogen) atoms. The van der Waals surface area contributed by atoms with Crippen molar-refractivity contribution in [1.82, 2.24) is 0 Å². The fourth-order valence-corrected chi connectivity index (χ4v) is 1.54. The average Bonchev–Trinajstić information content (AvgIpc) is 2.32. The molecule has 8 heteroatoms. The molecule has 0 bridgehead atoms. The third-order valence-electron chi connectivity index (χ3n) is 2.45. The molecular weight excluding hydrogens is 248 g/mol. The molecule has 2 N–H and O–H groups in total. The first-order valence-electron chi connectivity index (χ1n) is 4.86. The predicted octanol–water partition coefficient (Wildman–Crippen LogP) is -1.18. The fourth-order valence-electron chi connectivity index (χ4n) is 1.54. The lowest BCUT2D eigenvalue weighted by Gasteiger charge is -2.27. The van der Waals surface area contributed by atoms with Gasteiger partial charge in [0.15, 0.2) is 6.10 Å². The standard InChI is InChI=1S/C10H14O8/c1-17-7(8(18-2)10(15)16)5(3-11)6(4-12)9(13)14/h3-8H,1-2H3,(H,13,14)(H,15,16). The topological polar surface area (TPSA) is 127 Å². The van der Waals surface area contributed by atoms with Crippen molar-refractivity contribution in [3.8, 4) is 0 Å². The highest BCUT2D eigenvalue weighted by Gasteiger charge is 2.41. The summed E-state index contributed by atoms with van der Waals surface area (Å²) in [5, 5.41) is 17.6. The van der Waals surface area contributed by atoms with Crippen LogP contribution >= 0.6 is 0 Å². The van der Waals surface area contributed by atoms with Gasteiger partial charge in [0.2, 0.25) is 0 Å². The molecule has 0 saturated carbocycles. The Labute approximate surface area is 102 Å². The number of hydrogen-bond acceptors (Lipinski definition) is 6. The number of aliphatic carboxylic acids is 2. The number of carbonyl (C=O) groups excluding carboxylic acids is 2. The van der Waals surface area contributed by atoms with Crippen molar-refractivity contribution >= 4 is 24.5 Å². The summed E-state index contributed by atoms with van der Waals surface area (Å²) < 4.78 is 9.42. The van der Waals surface area contributed by atoms with Gasteiger partial charge in [-0.15, -0.1) is 0 Å². The molecule has 0 aliphatic carbocycles. The van der Waals surface area contributed by atoms with Gasteiger partial charge < -0.3 is 29.3 Å². The van der Waals surface area contributed by atoms with Gasteiger partial charge in [-0.1, -0.05) is 0 Å². The van der Waals surface area contributed by atoms with Crippen LogP contribution in [0.4, 0.5) is 0 Å². The molecule has 0 aliphatic rings. The molecule has 0 aromatic heterocycles. The van der Waals surface area contributed by atoms with Crippen LogP contribution in [0.5, 0.6) is 0 Å². The monoisotopic (exact) mass is 262 g/mol. The van der Waals surface area contributed by atoms with Gasteiger partial charge in [-0.25, -0.2) is 4.79 Å². The van der Waals surface area contributed by atoms with E-state index in [0.717, 1.165) is 14.2 Å². The molecule has 4 atom stereocenters. The predicted molar refractivity (Wildman–Crippen MR) is 56.0 cm³/mol. The molecule has 0 saturated heterocycles. The van der Waals surface area contributed by atoms with Gasteiger partial charge in [0.05, 0.1) is 5.92 Å². The van der Waals surface area contributed by atoms with Crippen molar-refractivity contribution in [3.05, 3.63) is 0 Å². The Balaban J connectivity index is 5.31. The van der Waals surface area contributed by atoms with Crippen molar-refractivity contribution in [2.75, 3.05) is 14.2 Å². The van der Waals surface area contributed by atoms with Crippen molar-refractivity contribution < 1.29 is 38.9 Å². The molecule has 0 aromatic carbocycles. The van der Waals surface area contributed by atoms with Crippen LogP contribution in [-0.2, 0) is 28.7 Å². The third kappa shape index (κ3) is 3.60. The molecule has 0 radical (unpaired) electrons. The average molecular weight is 262 g/mol. The molecule has 8 nitrogen and oxygen atoms in total. The lowest BCUT2D eigenvalue weighted by atomic mass is 9.87. The zero-order valence-corrected chi connectivity index (χ0v) is 9.81. The number of rotatable bonds is 9. The van der Waals surface area contributed by atoms with Crippen molar-refractivity contribution in [1.29, 1.82) is 0 Å². The first-order valence-corrected chi connectivity index (χ1v) is 4.86. The summed E-state index contributed by atoms with van der Waals surface area (Å²) in [6, 6.07) is 0. The van der Waals surface area contributed by atoms with E-state index in [-0.39, 0.29) is 12.6 Å². The van der Waals surface area contributed by atoms with Gasteiger partial charge in [0.25, 0.3) is 0 Å². The van der Waals surface area contributed by atoms with Gasteiger partial charge in [0.1, 0.15) is 24.6 Å². The van der Waals surface area contributed by atoms with E-state index in [4.69, 9.17) is 14.9 Å². The maximum absolute atomic E-state index is 10.9. The van der Waals surface area contributed by atoms with Crippen molar-refractivity contribution in [2.45, 2.75) is 12.2 Å². The minimum atomic E-state index is -1.69. The highest BCUT2D eigenvalue weighted by atomic mass is 16.5. The minimum Gasteiger partial charge on any atom is -0.481 e. The van der Waals surface area contributed by atoms with Gasteiger partial charge in [-0.3, -0.25) is 4.79 Å². The van der Waals surface area contributed by atoms with Gasteiger partial charge in [-0.2, -0.15) is 0 Å². The third-order valence-corrected chi connectivity index (χ3v) is 2.45. The highest BCUT2D eigenvalue weighted by molar-refractivity contribution is 5.90. The van der Waals surface area contributed by atoms with Gasteiger partial charge >= 0.3 is 11.9 Å².